The number of rotatable bonds is 4. The zero-order valence-corrected chi connectivity index (χ0v) is 11.6. The molecule has 0 radical (unpaired) electrons. The number of hydrogen-bond acceptors (Lipinski definition) is 4. The number of carboxylic acids is 1. The van der Waals surface area contributed by atoms with Gasteiger partial charge in [-0.05, 0) is 6.07 Å². The Morgan fingerprint density at radius 2 is 2.05 bits per heavy atom. The monoisotopic (exact) mass is 279 g/mol. The fraction of sp³-hybridized carbons (Fsp3) is 0.429. The normalized spacial score (nSPS) is 21.9. The summed E-state index contributed by atoms with van der Waals surface area (Å²) in [6, 6.07) is 4.70. The van der Waals surface area contributed by atoms with E-state index in [1.165, 1.54) is 19.1 Å². The first kappa shape index (κ1) is 14.2. The lowest BCUT2D eigenvalue weighted by Gasteiger charge is -2.25. The summed E-state index contributed by atoms with van der Waals surface area (Å²) in [6.07, 6.45) is -0.00311. The van der Waals surface area contributed by atoms with Crippen LogP contribution in [0.1, 0.15) is 18.0 Å². The Kier molecular flexibility index (Phi) is 3.83. The predicted octanol–water partition coefficient (Wildman–Crippen LogP) is 1.31. The van der Waals surface area contributed by atoms with Gasteiger partial charge in [-0.1, -0.05) is 12.1 Å². The fourth-order valence-electron chi connectivity index (χ4n) is 2.66. The van der Waals surface area contributed by atoms with Crippen LogP contribution in [0.15, 0.2) is 18.2 Å². The van der Waals surface area contributed by atoms with Gasteiger partial charge in [0.15, 0.2) is 11.5 Å². The van der Waals surface area contributed by atoms with Crippen LogP contribution in [0.3, 0.4) is 0 Å². The standard InChI is InChI=1S/C14H17NO5/c1-15-11(16)7-9(14(17)18)12(15)8-5-4-6-10(19-2)13(8)20-3/h4-6,9,12H,7H2,1-3H3,(H,17,18)/t9-,12-/m1/s1. The van der Waals surface area contributed by atoms with E-state index in [1.807, 2.05) is 0 Å². The van der Waals surface area contributed by atoms with E-state index in [0.29, 0.717) is 17.1 Å². The van der Waals surface area contributed by atoms with Gasteiger partial charge < -0.3 is 19.5 Å². The van der Waals surface area contributed by atoms with Gasteiger partial charge in [0.2, 0.25) is 5.91 Å². The van der Waals surface area contributed by atoms with Gasteiger partial charge in [-0.2, -0.15) is 0 Å². The van der Waals surface area contributed by atoms with Crippen molar-refractivity contribution >= 4 is 11.9 Å². The molecule has 1 aromatic rings. The molecule has 1 aromatic carbocycles. The maximum Gasteiger partial charge on any atom is 0.309 e. The summed E-state index contributed by atoms with van der Waals surface area (Å²) < 4.78 is 10.6. The number of ether oxygens (including phenoxy) is 2. The molecule has 1 aliphatic heterocycles. The average Bonchev–Trinajstić information content (AvgIpc) is 2.74. The summed E-state index contributed by atoms with van der Waals surface area (Å²) in [4.78, 5) is 24.7. The third kappa shape index (κ3) is 2.17. The van der Waals surface area contributed by atoms with Gasteiger partial charge in [0, 0.05) is 19.0 Å². The van der Waals surface area contributed by atoms with Gasteiger partial charge in [0.1, 0.15) is 0 Å². The van der Waals surface area contributed by atoms with E-state index in [-0.39, 0.29) is 12.3 Å². The lowest BCUT2D eigenvalue weighted by Crippen LogP contribution is -2.27. The second-order valence-corrected chi connectivity index (χ2v) is 4.68. The van der Waals surface area contributed by atoms with E-state index < -0.39 is 17.9 Å². The Labute approximate surface area is 116 Å². The Bertz CT molecular complexity index is 542. The molecule has 0 unspecified atom stereocenters. The van der Waals surface area contributed by atoms with Crippen LogP contribution in [0, 0.1) is 5.92 Å². The van der Waals surface area contributed by atoms with Gasteiger partial charge in [-0.25, -0.2) is 0 Å². The van der Waals surface area contributed by atoms with Crippen LogP contribution in [0.4, 0.5) is 0 Å². The summed E-state index contributed by atoms with van der Waals surface area (Å²) in [7, 11) is 4.61. The molecule has 2 atom stereocenters. The van der Waals surface area contributed by atoms with Crippen molar-refractivity contribution in [3.63, 3.8) is 0 Å². The molecule has 0 saturated carbocycles. The van der Waals surface area contributed by atoms with Crippen LogP contribution >= 0.6 is 0 Å². The third-order valence-corrected chi connectivity index (χ3v) is 3.66. The molecule has 2 rings (SSSR count). The van der Waals surface area contributed by atoms with Gasteiger partial charge in [0.25, 0.3) is 0 Å². The number of carboxylic acid groups (broad SMARTS) is 1. The molecular weight excluding hydrogens is 262 g/mol. The molecule has 1 N–H and O–H groups in total. The predicted molar refractivity (Wildman–Crippen MR) is 70.8 cm³/mol. The number of nitrogens with zero attached hydrogens (tertiary/aromatic N) is 1. The minimum absolute atomic E-state index is 0.00311. The molecule has 0 aliphatic carbocycles. The lowest BCUT2D eigenvalue weighted by molar-refractivity contribution is -0.142. The minimum atomic E-state index is -0.988. The summed E-state index contributed by atoms with van der Waals surface area (Å²) in [5, 5.41) is 9.32. The summed E-state index contributed by atoms with van der Waals surface area (Å²) in [5.41, 5.74) is 0.646. The second-order valence-electron chi connectivity index (χ2n) is 4.68. The van der Waals surface area contributed by atoms with E-state index >= 15 is 0 Å². The van der Waals surface area contributed by atoms with Crippen molar-refractivity contribution in [3.8, 4) is 11.5 Å². The fourth-order valence-corrected chi connectivity index (χ4v) is 2.66. The minimum Gasteiger partial charge on any atom is -0.493 e. The number of amides is 1. The van der Waals surface area contributed by atoms with Gasteiger partial charge in [-0.3, -0.25) is 9.59 Å². The van der Waals surface area contributed by atoms with Gasteiger partial charge in [0.05, 0.1) is 26.2 Å². The van der Waals surface area contributed by atoms with E-state index in [9.17, 15) is 14.7 Å². The molecule has 0 spiro atoms. The number of hydrogen-bond donors (Lipinski definition) is 1. The molecule has 108 valence electrons. The number of carbonyl (C=O) groups excluding carboxylic acids is 1. The van der Waals surface area contributed by atoms with E-state index in [1.54, 1.807) is 25.2 Å². The number of para-hydroxylation sites is 1. The highest BCUT2D eigenvalue weighted by molar-refractivity contribution is 5.87. The highest BCUT2D eigenvalue weighted by atomic mass is 16.5. The highest BCUT2D eigenvalue weighted by Gasteiger charge is 2.44. The van der Waals surface area contributed by atoms with Crippen molar-refractivity contribution in [2.24, 2.45) is 5.92 Å². The Morgan fingerprint density at radius 1 is 1.35 bits per heavy atom. The van der Waals surface area contributed by atoms with Crippen LogP contribution in [0.5, 0.6) is 11.5 Å². The van der Waals surface area contributed by atoms with Crippen LogP contribution in [0.2, 0.25) is 0 Å². The first-order valence-electron chi connectivity index (χ1n) is 6.20. The molecule has 20 heavy (non-hydrogen) atoms. The molecule has 1 amide bonds. The van der Waals surface area contributed by atoms with Crippen LogP contribution in [-0.2, 0) is 9.59 Å². The van der Waals surface area contributed by atoms with Crippen LogP contribution in [-0.4, -0.2) is 43.2 Å². The molecule has 1 heterocycles. The molecule has 1 fully saturated rings. The Balaban J connectivity index is 2.53. The van der Waals surface area contributed by atoms with Crippen molar-refractivity contribution in [2.45, 2.75) is 12.5 Å². The zero-order valence-electron chi connectivity index (χ0n) is 11.6. The molecule has 1 aliphatic rings. The van der Waals surface area contributed by atoms with Crippen molar-refractivity contribution in [1.29, 1.82) is 0 Å². The molecule has 0 bridgehead atoms. The smallest absolute Gasteiger partial charge is 0.309 e. The van der Waals surface area contributed by atoms with Gasteiger partial charge >= 0.3 is 5.97 Å². The van der Waals surface area contributed by atoms with E-state index in [4.69, 9.17) is 9.47 Å². The summed E-state index contributed by atoms with van der Waals surface area (Å²) in [5.74, 6) is -0.979. The first-order valence-corrected chi connectivity index (χ1v) is 6.20. The number of benzene rings is 1. The lowest BCUT2D eigenvalue weighted by atomic mass is 9.93. The molecule has 1 saturated heterocycles. The Hall–Kier alpha value is -2.24. The topological polar surface area (TPSA) is 76.1 Å². The van der Waals surface area contributed by atoms with Crippen molar-refractivity contribution in [2.75, 3.05) is 21.3 Å². The number of methoxy groups -OCH3 is 2. The SMILES string of the molecule is COc1cccc([C@@H]2[C@H](C(=O)O)CC(=O)N2C)c1OC. The number of carbonyl (C=O) groups is 2. The van der Waals surface area contributed by atoms with E-state index in [2.05, 4.69) is 0 Å². The molecular formula is C14H17NO5. The third-order valence-electron chi connectivity index (χ3n) is 3.66. The number of likely N-dealkylation sites (tertiary alicyclic amines) is 1. The van der Waals surface area contributed by atoms with E-state index in [0.717, 1.165) is 0 Å². The average molecular weight is 279 g/mol. The summed E-state index contributed by atoms with van der Waals surface area (Å²) in [6.45, 7) is 0. The maximum atomic E-state index is 11.8. The second kappa shape index (κ2) is 5.40. The Morgan fingerprint density at radius 3 is 2.60 bits per heavy atom. The summed E-state index contributed by atoms with van der Waals surface area (Å²) >= 11 is 0. The van der Waals surface area contributed by atoms with Gasteiger partial charge in [-0.15, -0.1) is 0 Å². The zero-order chi connectivity index (χ0) is 14.9. The van der Waals surface area contributed by atoms with Crippen molar-refractivity contribution in [3.05, 3.63) is 23.8 Å². The van der Waals surface area contributed by atoms with Crippen molar-refractivity contribution in [1.82, 2.24) is 4.90 Å². The van der Waals surface area contributed by atoms with Crippen LogP contribution in [0.25, 0.3) is 0 Å². The maximum absolute atomic E-state index is 11.8. The first-order chi connectivity index (χ1) is 9.51. The number of aliphatic carboxylic acids is 1. The van der Waals surface area contributed by atoms with Crippen LogP contribution < -0.4 is 9.47 Å². The van der Waals surface area contributed by atoms with Crippen molar-refractivity contribution < 1.29 is 24.2 Å². The largest absolute Gasteiger partial charge is 0.493 e. The highest BCUT2D eigenvalue weighted by Crippen LogP contribution is 2.44. The molecule has 6 nitrogen and oxygen atoms in total. The molecule has 0 aromatic heterocycles. The molecule has 6 heteroatoms. The quantitative estimate of drug-likeness (QED) is 0.899.